The van der Waals surface area contributed by atoms with E-state index < -0.39 is 0 Å². The number of rotatable bonds is 5. The first-order valence-corrected chi connectivity index (χ1v) is 7.93. The van der Waals surface area contributed by atoms with Crippen LogP contribution in [0.4, 0.5) is 0 Å². The van der Waals surface area contributed by atoms with E-state index in [2.05, 4.69) is 73.1 Å². The highest BCUT2D eigenvalue weighted by molar-refractivity contribution is 14.1. The van der Waals surface area contributed by atoms with E-state index in [-0.39, 0.29) is 25.7 Å². The van der Waals surface area contributed by atoms with Crippen LogP contribution in [0.25, 0.3) is 0 Å². The Labute approximate surface area is 140 Å². The molecule has 0 aliphatic carbocycles. The van der Waals surface area contributed by atoms with Gasteiger partial charge in [-0.2, -0.15) is 0 Å². The molecule has 1 rings (SSSR count). The molecule has 7 heteroatoms. The summed E-state index contributed by atoms with van der Waals surface area (Å²) in [5, 5.41) is 11.1. The molecule has 0 radical (unpaired) electrons. The zero-order valence-corrected chi connectivity index (χ0v) is 15.1. The molecular formula is C10H10I3NO3. The maximum atomic E-state index is 11.3. The van der Waals surface area contributed by atoms with Gasteiger partial charge in [0.05, 0.1) is 13.7 Å². The van der Waals surface area contributed by atoms with Gasteiger partial charge in [-0.15, -0.1) is 0 Å². The number of hydrogen-bond acceptors (Lipinski definition) is 3. The highest BCUT2D eigenvalue weighted by Gasteiger charge is 2.10. The van der Waals surface area contributed by atoms with Crippen molar-refractivity contribution in [2.24, 2.45) is 0 Å². The van der Waals surface area contributed by atoms with Crippen molar-refractivity contribution >= 4 is 73.7 Å². The van der Waals surface area contributed by atoms with Crippen molar-refractivity contribution in [3.05, 3.63) is 22.8 Å². The van der Waals surface area contributed by atoms with Crippen LogP contribution in [0.5, 0.6) is 5.75 Å². The summed E-state index contributed by atoms with van der Waals surface area (Å²) in [7, 11) is 0. The second-order valence-electron chi connectivity index (χ2n) is 3.06. The average Bonchev–Trinajstić information content (AvgIpc) is 2.24. The molecule has 0 spiro atoms. The Morgan fingerprint density at radius 2 is 1.88 bits per heavy atom. The highest BCUT2D eigenvalue weighted by atomic mass is 127. The number of nitrogens with one attached hydrogen (secondary N) is 1. The quantitative estimate of drug-likeness (QED) is 0.531. The van der Waals surface area contributed by atoms with Gasteiger partial charge in [0.15, 0.2) is 6.61 Å². The third kappa shape index (κ3) is 5.42. The topological polar surface area (TPSA) is 58.6 Å². The molecule has 0 aliphatic heterocycles. The normalized spacial score (nSPS) is 10.1. The summed E-state index contributed by atoms with van der Waals surface area (Å²) in [5.41, 5.74) is 0. The fourth-order valence-electron chi connectivity index (χ4n) is 1.05. The zero-order chi connectivity index (χ0) is 12.8. The van der Waals surface area contributed by atoms with Crippen molar-refractivity contribution in [3.8, 4) is 5.75 Å². The number of amides is 1. The molecule has 17 heavy (non-hydrogen) atoms. The van der Waals surface area contributed by atoms with Gasteiger partial charge < -0.3 is 15.2 Å². The van der Waals surface area contributed by atoms with Gasteiger partial charge >= 0.3 is 0 Å². The number of hydrogen-bond donors (Lipinski definition) is 2. The Hall–Kier alpha value is 0.640. The van der Waals surface area contributed by atoms with E-state index in [4.69, 9.17) is 9.84 Å². The van der Waals surface area contributed by atoms with E-state index in [9.17, 15) is 4.79 Å². The summed E-state index contributed by atoms with van der Waals surface area (Å²) in [4.78, 5) is 11.3. The molecule has 1 aromatic rings. The van der Waals surface area contributed by atoms with Crippen molar-refractivity contribution in [3.63, 3.8) is 0 Å². The van der Waals surface area contributed by atoms with E-state index in [1.807, 2.05) is 12.1 Å². The smallest absolute Gasteiger partial charge is 0.258 e. The van der Waals surface area contributed by atoms with E-state index in [1.165, 1.54) is 0 Å². The molecule has 0 atom stereocenters. The van der Waals surface area contributed by atoms with Gasteiger partial charge in [-0.1, -0.05) is 0 Å². The number of halogens is 3. The summed E-state index contributed by atoms with van der Waals surface area (Å²) in [5.74, 6) is 0.495. The summed E-state index contributed by atoms with van der Waals surface area (Å²) in [6.07, 6.45) is 0. The van der Waals surface area contributed by atoms with Gasteiger partial charge in [-0.3, -0.25) is 4.79 Å². The summed E-state index contributed by atoms with van der Waals surface area (Å²) >= 11 is 6.60. The summed E-state index contributed by atoms with van der Waals surface area (Å²) in [6.45, 7) is 0.153. The Kier molecular flexibility index (Phi) is 7.33. The molecule has 0 saturated carbocycles. The molecule has 0 aromatic heterocycles. The number of carbonyl (C=O) groups excluding carboxylic acids is 1. The molecule has 0 unspecified atom stereocenters. The second kappa shape index (κ2) is 7.94. The molecular weight excluding hydrogens is 563 g/mol. The minimum absolute atomic E-state index is 0.0351. The van der Waals surface area contributed by atoms with Crippen LogP contribution < -0.4 is 10.1 Å². The number of ether oxygens (including phenoxy) is 1. The number of aliphatic hydroxyl groups excluding tert-OH is 1. The number of benzene rings is 1. The van der Waals surface area contributed by atoms with Crippen molar-refractivity contribution in [1.82, 2.24) is 5.32 Å². The van der Waals surface area contributed by atoms with Gasteiger partial charge in [0, 0.05) is 10.1 Å². The zero-order valence-electron chi connectivity index (χ0n) is 8.67. The Balaban J connectivity index is 2.60. The molecule has 1 aromatic carbocycles. The Bertz CT molecular complexity index is 389. The Morgan fingerprint density at radius 3 is 2.41 bits per heavy atom. The first-order valence-electron chi connectivity index (χ1n) is 4.69. The average molecular weight is 573 g/mol. The largest absolute Gasteiger partial charge is 0.482 e. The van der Waals surface area contributed by atoms with Crippen LogP contribution in [0.1, 0.15) is 0 Å². The Morgan fingerprint density at radius 1 is 1.29 bits per heavy atom. The maximum absolute atomic E-state index is 11.3. The number of aliphatic hydroxyl groups is 1. The molecule has 0 fully saturated rings. The summed E-state index contributed by atoms with van der Waals surface area (Å²) < 4.78 is 8.56. The van der Waals surface area contributed by atoms with Crippen LogP contribution in [0, 0.1) is 10.7 Å². The first-order chi connectivity index (χ1) is 8.04. The third-order valence-corrected chi connectivity index (χ3v) is 3.97. The maximum Gasteiger partial charge on any atom is 0.258 e. The minimum atomic E-state index is -0.232. The molecule has 1 amide bonds. The second-order valence-corrected chi connectivity index (χ2v) is 6.63. The van der Waals surface area contributed by atoms with Crippen LogP contribution in [0.15, 0.2) is 12.1 Å². The SMILES string of the molecule is O=C(COc1c(I)cc(I)cc1I)NCCO. The van der Waals surface area contributed by atoms with Gasteiger partial charge in [0.2, 0.25) is 0 Å². The van der Waals surface area contributed by atoms with Gasteiger partial charge in [0.1, 0.15) is 5.75 Å². The lowest BCUT2D eigenvalue weighted by Gasteiger charge is -2.10. The fourth-order valence-corrected chi connectivity index (χ4v) is 4.94. The van der Waals surface area contributed by atoms with E-state index in [0.717, 1.165) is 16.5 Å². The summed E-state index contributed by atoms with van der Waals surface area (Å²) in [6, 6.07) is 3.98. The number of carbonyl (C=O) groups is 1. The van der Waals surface area contributed by atoms with Crippen LogP contribution >= 0.6 is 67.8 Å². The molecule has 94 valence electrons. The predicted octanol–water partition coefficient (Wildman–Crippen LogP) is 1.99. The fraction of sp³-hybridized carbons (Fsp3) is 0.300. The first kappa shape index (κ1) is 15.7. The van der Waals surface area contributed by atoms with Crippen LogP contribution in [-0.4, -0.2) is 30.8 Å². The van der Waals surface area contributed by atoms with Crippen LogP contribution in [0.2, 0.25) is 0 Å². The van der Waals surface area contributed by atoms with Crippen LogP contribution in [0.3, 0.4) is 0 Å². The van der Waals surface area contributed by atoms with Crippen molar-refractivity contribution in [2.45, 2.75) is 0 Å². The standard InChI is InChI=1S/C10H10I3NO3/c11-6-3-7(12)10(8(13)4-6)17-5-9(16)14-1-2-15/h3-4,15H,1-2,5H2,(H,14,16). The molecule has 2 N–H and O–H groups in total. The van der Waals surface area contributed by atoms with Crippen molar-refractivity contribution in [2.75, 3.05) is 19.8 Å². The predicted molar refractivity (Wildman–Crippen MR) is 90.2 cm³/mol. The lowest BCUT2D eigenvalue weighted by molar-refractivity contribution is -0.123. The van der Waals surface area contributed by atoms with Crippen molar-refractivity contribution in [1.29, 1.82) is 0 Å². The van der Waals surface area contributed by atoms with E-state index >= 15 is 0 Å². The van der Waals surface area contributed by atoms with Crippen molar-refractivity contribution < 1.29 is 14.6 Å². The highest BCUT2D eigenvalue weighted by Crippen LogP contribution is 2.29. The minimum Gasteiger partial charge on any atom is -0.482 e. The third-order valence-electron chi connectivity index (χ3n) is 1.74. The van der Waals surface area contributed by atoms with E-state index in [1.54, 1.807) is 0 Å². The van der Waals surface area contributed by atoms with Crippen LogP contribution in [-0.2, 0) is 4.79 Å². The molecule has 0 bridgehead atoms. The molecule has 0 aliphatic rings. The molecule has 0 heterocycles. The monoisotopic (exact) mass is 573 g/mol. The van der Waals surface area contributed by atoms with E-state index in [0.29, 0.717) is 0 Å². The molecule has 4 nitrogen and oxygen atoms in total. The van der Waals surface area contributed by atoms with Gasteiger partial charge in [0.25, 0.3) is 5.91 Å². The lowest BCUT2D eigenvalue weighted by atomic mass is 10.3. The van der Waals surface area contributed by atoms with Gasteiger partial charge in [-0.25, -0.2) is 0 Å². The molecule has 0 saturated heterocycles. The lowest BCUT2D eigenvalue weighted by Crippen LogP contribution is -2.31. The van der Waals surface area contributed by atoms with Gasteiger partial charge in [-0.05, 0) is 79.9 Å².